The molecule has 0 aliphatic heterocycles. The molecule has 0 aromatic heterocycles. The van der Waals surface area contributed by atoms with Crippen molar-refractivity contribution >= 4 is 5.91 Å². The summed E-state index contributed by atoms with van der Waals surface area (Å²) in [5, 5.41) is 3.02. The highest BCUT2D eigenvalue weighted by Gasteiger charge is 2.28. The van der Waals surface area contributed by atoms with E-state index in [2.05, 4.69) is 17.1 Å². The van der Waals surface area contributed by atoms with Crippen LogP contribution >= 0.6 is 0 Å². The molecule has 1 aliphatic carbocycles. The maximum Gasteiger partial charge on any atom is 0.237 e. The summed E-state index contributed by atoms with van der Waals surface area (Å²) in [4.78, 5) is 14.6. The van der Waals surface area contributed by atoms with Crippen molar-refractivity contribution in [1.82, 2.24) is 10.2 Å². The molecule has 1 atom stereocenters. The summed E-state index contributed by atoms with van der Waals surface area (Å²) in [7, 11) is 0. The van der Waals surface area contributed by atoms with Crippen LogP contribution in [0.5, 0.6) is 0 Å². The van der Waals surface area contributed by atoms with Crippen LogP contribution in [0, 0.1) is 0 Å². The fraction of sp³-hybridized carbons (Fsp3) is 0.933. The lowest BCUT2D eigenvalue weighted by Crippen LogP contribution is -2.51. The molecule has 3 N–H and O–H groups in total. The molecule has 0 aromatic rings. The highest BCUT2D eigenvalue weighted by Crippen LogP contribution is 2.24. The first-order chi connectivity index (χ1) is 9.20. The second-order valence-corrected chi connectivity index (χ2v) is 5.64. The summed E-state index contributed by atoms with van der Waals surface area (Å²) >= 11 is 0. The van der Waals surface area contributed by atoms with Crippen molar-refractivity contribution in [3.63, 3.8) is 0 Å². The number of carbonyl (C=O) groups excluding carboxylic acids is 1. The Morgan fingerprint density at radius 2 is 2.05 bits per heavy atom. The largest absolute Gasteiger partial charge is 0.355 e. The quantitative estimate of drug-likeness (QED) is 0.707. The number of hydrogen-bond donors (Lipinski definition) is 2. The number of amides is 1. The lowest BCUT2D eigenvalue weighted by atomic mass is 9.93. The Labute approximate surface area is 118 Å². The first-order valence-corrected chi connectivity index (χ1v) is 7.94. The molecule has 1 fully saturated rings. The molecule has 0 bridgehead atoms. The predicted molar refractivity (Wildman–Crippen MR) is 80.0 cm³/mol. The number of nitrogens with zero attached hydrogens (tertiary/aromatic N) is 1. The van der Waals surface area contributed by atoms with Crippen LogP contribution in [0.15, 0.2) is 0 Å². The van der Waals surface area contributed by atoms with Crippen molar-refractivity contribution < 1.29 is 4.79 Å². The summed E-state index contributed by atoms with van der Waals surface area (Å²) in [6.07, 6.45) is 8.37. The van der Waals surface area contributed by atoms with Crippen molar-refractivity contribution in [2.45, 2.75) is 70.9 Å². The fourth-order valence-electron chi connectivity index (χ4n) is 2.93. The Morgan fingerprint density at radius 1 is 1.37 bits per heavy atom. The molecule has 0 spiro atoms. The molecule has 0 saturated heterocycles. The average Bonchev–Trinajstić information content (AvgIpc) is 2.46. The zero-order valence-corrected chi connectivity index (χ0v) is 12.7. The average molecular weight is 269 g/mol. The summed E-state index contributed by atoms with van der Waals surface area (Å²) in [5.41, 5.74) is 5.64. The summed E-state index contributed by atoms with van der Waals surface area (Å²) in [5.74, 6) is 0.171. The molecule has 1 aliphatic rings. The van der Waals surface area contributed by atoms with Gasteiger partial charge in [-0.2, -0.15) is 0 Å². The highest BCUT2D eigenvalue weighted by molar-refractivity contribution is 5.81. The van der Waals surface area contributed by atoms with Gasteiger partial charge < -0.3 is 11.1 Å². The van der Waals surface area contributed by atoms with Crippen molar-refractivity contribution in [2.75, 3.05) is 19.6 Å². The third-order valence-electron chi connectivity index (χ3n) is 4.09. The van der Waals surface area contributed by atoms with Crippen molar-refractivity contribution in [3.05, 3.63) is 0 Å². The number of nitrogens with one attached hydrogen (secondary N) is 1. The smallest absolute Gasteiger partial charge is 0.237 e. The van der Waals surface area contributed by atoms with Gasteiger partial charge in [-0.15, -0.1) is 0 Å². The molecular weight excluding hydrogens is 238 g/mol. The van der Waals surface area contributed by atoms with Crippen LogP contribution in [0.1, 0.15) is 58.8 Å². The molecule has 1 rings (SSSR count). The minimum absolute atomic E-state index is 0.0267. The van der Waals surface area contributed by atoms with Gasteiger partial charge in [0.25, 0.3) is 0 Å². The van der Waals surface area contributed by atoms with Gasteiger partial charge in [-0.1, -0.05) is 26.2 Å². The van der Waals surface area contributed by atoms with E-state index >= 15 is 0 Å². The van der Waals surface area contributed by atoms with Crippen molar-refractivity contribution in [1.29, 1.82) is 0 Å². The number of hydrogen-bond acceptors (Lipinski definition) is 3. The minimum atomic E-state index is -0.0267. The van der Waals surface area contributed by atoms with E-state index in [1.165, 1.54) is 32.1 Å². The van der Waals surface area contributed by atoms with Gasteiger partial charge in [0.2, 0.25) is 5.91 Å². The molecule has 0 aromatic carbocycles. The standard InChI is InChI=1S/C15H31N3O/c1-3-11-17-15(19)13(2)18(12-7-10-16)14-8-5-4-6-9-14/h13-14H,3-12,16H2,1-2H3,(H,17,19). The first kappa shape index (κ1) is 16.4. The molecule has 112 valence electrons. The maximum atomic E-state index is 12.2. The molecule has 1 saturated carbocycles. The normalized spacial score (nSPS) is 18.5. The first-order valence-electron chi connectivity index (χ1n) is 7.94. The van der Waals surface area contributed by atoms with E-state index in [1.807, 2.05) is 6.92 Å². The van der Waals surface area contributed by atoms with Gasteiger partial charge in [0, 0.05) is 19.1 Å². The fourth-order valence-corrected chi connectivity index (χ4v) is 2.93. The van der Waals surface area contributed by atoms with E-state index in [0.717, 1.165) is 25.9 Å². The topological polar surface area (TPSA) is 58.4 Å². The van der Waals surface area contributed by atoms with E-state index in [-0.39, 0.29) is 11.9 Å². The zero-order valence-electron chi connectivity index (χ0n) is 12.7. The summed E-state index contributed by atoms with van der Waals surface area (Å²) in [6.45, 7) is 6.54. The number of rotatable bonds is 8. The molecular formula is C15H31N3O. The van der Waals surface area contributed by atoms with Crippen LogP contribution < -0.4 is 11.1 Å². The van der Waals surface area contributed by atoms with E-state index < -0.39 is 0 Å². The predicted octanol–water partition coefficient (Wildman–Crippen LogP) is 1.88. The zero-order chi connectivity index (χ0) is 14.1. The molecule has 1 unspecified atom stereocenters. The molecule has 19 heavy (non-hydrogen) atoms. The van der Waals surface area contributed by atoms with Crippen LogP contribution in [0.2, 0.25) is 0 Å². The van der Waals surface area contributed by atoms with Gasteiger partial charge in [0.05, 0.1) is 6.04 Å². The van der Waals surface area contributed by atoms with E-state index in [0.29, 0.717) is 12.6 Å². The van der Waals surface area contributed by atoms with Crippen molar-refractivity contribution in [3.8, 4) is 0 Å². The van der Waals surface area contributed by atoms with E-state index in [1.54, 1.807) is 0 Å². The minimum Gasteiger partial charge on any atom is -0.355 e. The molecule has 1 amide bonds. The van der Waals surface area contributed by atoms with E-state index in [9.17, 15) is 4.79 Å². The van der Waals surface area contributed by atoms with Crippen LogP contribution in [-0.2, 0) is 4.79 Å². The van der Waals surface area contributed by atoms with E-state index in [4.69, 9.17) is 5.73 Å². The Bertz CT molecular complexity index is 252. The Balaban J connectivity index is 2.57. The molecule has 4 nitrogen and oxygen atoms in total. The van der Waals surface area contributed by atoms with Gasteiger partial charge in [0.15, 0.2) is 0 Å². The lowest BCUT2D eigenvalue weighted by molar-refractivity contribution is -0.127. The Hall–Kier alpha value is -0.610. The second-order valence-electron chi connectivity index (χ2n) is 5.64. The van der Waals surface area contributed by atoms with Crippen LogP contribution in [0.25, 0.3) is 0 Å². The Kier molecular flexibility index (Phi) is 8.07. The molecule has 0 radical (unpaired) electrons. The Morgan fingerprint density at radius 3 is 2.63 bits per heavy atom. The van der Waals surface area contributed by atoms with Crippen LogP contribution in [0.3, 0.4) is 0 Å². The van der Waals surface area contributed by atoms with Gasteiger partial charge in [0.1, 0.15) is 0 Å². The van der Waals surface area contributed by atoms with Gasteiger partial charge in [-0.25, -0.2) is 0 Å². The SMILES string of the molecule is CCCNC(=O)C(C)N(CCCN)C1CCCCC1. The van der Waals surface area contributed by atoms with Gasteiger partial charge in [-0.05, 0) is 39.2 Å². The monoisotopic (exact) mass is 269 g/mol. The lowest BCUT2D eigenvalue weighted by Gasteiger charge is -2.37. The molecule has 0 heterocycles. The molecule has 4 heteroatoms. The third-order valence-corrected chi connectivity index (χ3v) is 4.09. The number of carbonyl (C=O) groups is 1. The summed E-state index contributed by atoms with van der Waals surface area (Å²) < 4.78 is 0. The van der Waals surface area contributed by atoms with Gasteiger partial charge >= 0.3 is 0 Å². The summed E-state index contributed by atoms with van der Waals surface area (Å²) in [6, 6.07) is 0.545. The van der Waals surface area contributed by atoms with Crippen LogP contribution in [0.4, 0.5) is 0 Å². The maximum absolute atomic E-state index is 12.2. The highest BCUT2D eigenvalue weighted by atomic mass is 16.2. The number of nitrogens with two attached hydrogens (primary N) is 1. The van der Waals surface area contributed by atoms with Crippen molar-refractivity contribution in [2.24, 2.45) is 5.73 Å². The van der Waals surface area contributed by atoms with Crippen LogP contribution in [-0.4, -0.2) is 42.5 Å². The second kappa shape index (κ2) is 9.32. The third kappa shape index (κ3) is 5.49. The van der Waals surface area contributed by atoms with Gasteiger partial charge in [-0.3, -0.25) is 9.69 Å².